The van der Waals surface area contributed by atoms with Gasteiger partial charge in [0, 0.05) is 29.6 Å². The minimum Gasteiger partial charge on any atom is -0.496 e. The van der Waals surface area contributed by atoms with Crippen LogP contribution < -0.4 is 14.9 Å². The van der Waals surface area contributed by atoms with Crippen LogP contribution in [-0.4, -0.2) is 34.5 Å². The fourth-order valence-corrected chi connectivity index (χ4v) is 5.79. The van der Waals surface area contributed by atoms with Crippen molar-refractivity contribution >= 4 is 56.2 Å². The SMILES string of the molecule is COc1cc2c(c3c1c(=O)c1cc4ccccc4cc1n3C)[C@H](O)[C@H](OC(=O)C=Cc1ccc(Cl)cc1)C(C)(C)O2. The van der Waals surface area contributed by atoms with Crippen LogP contribution in [0.15, 0.2) is 77.6 Å². The normalized spacial score (nSPS) is 18.0. The fourth-order valence-electron chi connectivity index (χ4n) is 5.66. The zero-order valence-corrected chi connectivity index (χ0v) is 23.7. The van der Waals surface area contributed by atoms with E-state index >= 15 is 0 Å². The molecule has 0 spiro atoms. The lowest BCUT2D eigenvalue weighted by atomic mass is 9.86. The number of halogens is 1. The molecular formula is C33H28ClNO6. The van der Waals surface area contributed by atoms with E-state index in [0.29, 0.717) is 43.9 Å². The van der Waals surface area contributed by atoms with Crippen LogP contribution in [0.5, 0.6) is 11.5 Å². The topological polar surface area (TPSA) is 87.0 Å². The molecule has 1 aliphatic heterocycles. The summed E-state index contributed by atoms with van der Waals surface area (Å²) < 4.78 is 19.7. The van der Waals surface area contributed by atoms with Crippen molar-refractivity contribution in [2.75, 3.05) is 7.11 Å². The maximum absolute atomic E-state index is 14.0. The number of hydrogen-bond acceptors (Lipinski definition) is 6. The summed E-state index contributed by atoms with van der Waals surface area (Å²) in [6.07, 6.45) is 0.535. The van der Waals surface area contributed by atoms with Gasteiger partial charge in [-0.1, -0.05) is 48.0 Å². The molecule has 6 rings (SSSR count). The summed E-state index contributed by atoms with van der Waals surface area (Å²) >= 11 is 5.94. The molecular weight excluding hydrogens is 542 g/mol. The number of hydrogen-bond donors (Lipinski definition) is 1. The first kappa shape index (κ1) is 26.9. The Morgan fingerprint density at radius 1 is 1.07 bits per heavy atom. The van der Waals surface area contributed by atoms with E-state index in [1.54, 1.807) is 50.3 Å². The minimum atomic E-state index is -1.29. The first-order chi connectivity index (χ1) is 19.6. The highest BCUT2D eigenvalue weighted by Crippen LogP contribution is 2.47. The Hall–Kier alpha value is -4.33. The van der Waals surface area contributed by atoms with Gasteiger partial charge in [0.05, 0.1) is 29.1 Å². The second-order valence-corrected chi connectivity index (χ2v) is 11.1. The summed E-state index contributed by atoms with van der Waals surface area (Å²) in [5.41, 5.74) is 0.940. The van der Waals surface area contributed by atoms with Gasteiger partial charge in [0.2, 0.25) is 5.43 Å². The van der Waals surface area contributed by atoms with Gasteiger partial charge in [0.15, 0.2) is 6.10 Å². The van der Waals surface area contributed by atoms with Gasteiger partial charge < -0.3 is 23.9 Å². The predicted molar refractivity (Wildman–Crippen MR) is 161 cm³/mol. The van der Waals surface area contributed by atoms with Crippen molar-refractivity contribution in [3.8, 4) is 11.5 Å². The number of aromatic nitrogens is 1. The summed E-state index contributed by atoms with van der Waals surface area (Å²) in [7, 11) is 3.33. The summed E-state index contributed by atoms with van der Waals surface area (Å²) in [5.74, 6) is 0.0393. The number of aryl methyl sites for hydroxylation is 1. The molecule has 0 unspecified atom stereocenters. The molecule has 2 atom stereocenters. The largest absolute Gasteiger partial charge is 0.496 e. The van der Waals surface area contributed by atoms with Gasteiger partial charge in [-0.05, 0) is 60.5 Å². The molecule has 0 amide bonds. The molecule has 0 saturated carbocycles. The minimum absolute atomic E-state index is 0.227. The van der Waals surface area contributed by atoms with Crippen LogP contribution in [0, 0.1) is 0 Å². The van der Waals surface area contributed by atoms with Crippen LogP contribution in [-0.2, 0) is 16.6 Å². The second kappa shape index (κ2) is 9.94. The van der Waals surface area contributed by atoms with E-state index in [1.807, 2.05) is 48.0 Å². The number of rotatable bonds is 4. The molecule has 0 saturated heterocycles. The van der Waals surface area contributed by atoms with Crippen molar-refractivity contribution < 1.29 is 24.1 Å². The lowest BCUT2D eigenvalue weighted by Gasteiger charge is -2.42. The summed E-state index contributed by atoms with van der Waals surface area (Å²) in [6.45, 7) is 3.48. The second-order valence-electron chi connectivity index (χ2n) is 10.7. The average molecular weight is 570 g/mol. The Bertz CT molecular complexity index is 1940. The van der Waals surface area contributed by atoms with Crippen LogP contribution in [0.1, 0.15) is 31.1 Å². The molecule has 5 aromatic rings. The van der Waals surface area contributed by atoms with Gasteiger partial charge in [-0.2, -0.15) is 0 Å². The third-order valence-electron chi connectivity index (χ3n) is 7.68. The predicted octanol–water partition coefficient (Wildman–Crippen LogP) is 6.34. The van der Waals surface area contributed by atoms with E-state index in [4.69, 9.17) is 25.8 Å². The molecule has 4 aromatic carbocycles. The van der Waals surface area contributed by atoms with E-state index in [2.05, 4.69) is 0 Å². The molecule has 1 aliphatic rings. The summed E-state index contributed by atoms with van der Waals surface area (Å²) in [5, 5.41) is 15.1. The lowest BCUT2D eigenvalue weighted by molar-refractivity contribution is -0.171. The quantitative estimate of drug-likeness (QED) is 0.154. The van der Waals surface area contributed by atoms with Crippen molar-refractivity contribution in [1.29, 1.82) is 0 Å². The average Bonchev–Trinajstić information content (AvgIpc) is 2.95. The molecule has 0 bridgehead atoms. The maximum atomic E-state index is 14.0. The zero-order valence-electron chi connectivity index (χ0n) is 23.0. The highest BCUT2D eigenvalue weighted by Gasteiger charge is 2.47. The van der Waals surface area contributed by atoms with E-state index in [9.17, 15) is 14.7 Å². The number of esters is 1. The molecule has 41 heavy (non-hydrogen) atoms. The molecule has 2 heterocycles. The van der Waals surface area contributed by atoms with Crippen molar-refractivity contribution in [3.05, 3.63) is 99.2 Å². The molecule has 8 heteroatoms. The molecule has 208 valence electrons. The number of aliphatic hydroxyl groups is 1. The van der Waals surface area contributed by atoms with Crippen LogP contribution in [0.25, 0.3) is 38.7 Å². The lowest BCUT2D eigenvalue weighted by Crippen LogP contribution is -2.51. The standard InChI is InChI=1S/C33H28ClNO6/c1-33(2)32(40-26(36)14-11-18-9-12-21(34)13-10-18)31(38)28-25(41-33)17-24(39-4)27-29(28)35(3)23-16-20-8-6-5-7-19(20)15-22(23)30(27)37/h5-17,31-32,38H,1-4H3/t31-,32-/m0/s1. The van der Waals surface area contributed by atoms with Crippen molar-refractivity contribution in [2.45, 2.75) is 31.7 Å². The monoisotopic (exact) mass is 569 g/mol. The molecule has 0 fully saturated rings. The molecule has 0 radical (unpaired) electrons. The van der Waals surface area contributed by atoms with Crippen LogP contribution in [0.4, 0.5) is 0 Å². The zero-order chi connectivity index (χ0) is 29.1. The fraction of sp³-hybridized carbons (Fsp3) is 0.212. The van der Waals surface area contributed by atoms with Crippen molar-refractivity contribution in [2.24, 2.45) is 7.05 Å². The van der Waals surface area contributed by atoms with Gasteiger partial charge >= 0.3 is 5.97 Å². The highest BCUT2D eigenvalue weighted by molar-refractivity contribution is 6.30. The molecule has 7 nitrogen and oxygen atoms in total. The Labute approximate surface area is 241 Å². The number of aliphatic hydroxyl groups excluding tert-OH is 1. The van der Waals surface area contributed by atoms with E-state index in [1.165, 1.54) is 13.2 Å². The van der Waals surface area contributed by atoms with Gasteiger partial charge in [-0.15, -0.1) is 0 Å². The van der Waals surface area contributed by atoms with Crippen LogP contribution >= 0.6 is 11.6 Å². The number of pyridine rings is 1. The number of carbonyl (C=O) groups excluding carboxylic acids is 1. The summed E-state index contributed by atoms with van der Waals surface area (Å²) in [6, 6.07) is 20.3. The van der Waals surface area contributed by atoms with Gasteiger partial charge in [-0.25, -0.2) is 4.79 Å². The first-order valence-corrected chi connectivity index (χ1v) is 13.5. The first-order valence-electron chi connectivity index (χ1n) is 13.2. The highest BCUT2D eigenvalue weighted by atomic mass is 35.5. The molecule has 0 aliphatic carbocycles. The number of nitrogens with zero attached hydrogens (tertiary/aromatic N) is 1. The molecule has 1 aromatic heterocycles. The number of carbonyl (C=O) groups is 1. The Balaban J connectivity index is 1.50. The Morgan fingerprint density at radius 2 is 1.76 bits per heavy atom. The number of methoxy groups -OCH3 is 1. The van der Waals surface area contributed by atoms with Crippen LogP contribution in [0.3, 0.4) is 0 Å². The third-order valence-corrected chi connectivity index (χ3v) is 7.94. The number of fused-ring (bicyclic) bond motifs is 5. The van der Waals surface area contributed by atoms with Crippen molar-refractivity contribution in [1.82, 2.24) is 4.57 Å². The molecule has 1 N–H and O–H groups in total. The number of ether oxygens (including phenoxy) is 3. The van der Waals surface area contributed by atoms with Crippen LogP contribution in [0.2, 0.25) is 5.02 Å². The van der Waals surface area contributed by atoms with E-state index in [0.717, 1.165) is 16.3 Å². The maximum Gasteiger partial charge on any atom is 0.331 e. The van der Waals surface area contributed by atoms with Gasteiger partial charge in [-0.3, -0.25) is 4.79 Å². The van der Waals surface area contributed by atoms with E-state index in [-0.39, 0.29) is 5.43 Å². The number of benzene rings is 4. The smallest absolute Gasteiger partial charge is 0.331 e. The van der Waals surface area contributed by atoms with Crippen molar-refractivity contribution in [3.63, 3.8) is 0 Å². The Morgan fingerprint density at radius 3 is 2.44 bits per heavy atom. The Kier molecular flexibility index (Phi) is 6.52. The van der Waals surface area contributed by atoms with E-state index < -0.39 is 23.8 Å². The van der Waals surface area contributed by atoms with Gasteiger partial charge in [0.1, 0.15) is 23.2 Å². The van der Waals surface area contributed by atoms with Gasteiger partial charge in [0.25, 0.3) is 0 Å². The summed E-state index contributed by atoms with van der Waals surface area (Å²) in [4.78, 5) is 26.9. The third kappa shape index (κ3) is 4.51.